The van der Waals surface area contributed by atoms with Crippen LogP contribution in [-0.2, 0) is 17.6 Å². The van der Waals surface area contributed by atoms with E-state index in [9.17, 15) is 4.79 Å². The van der Waals surface area contributed by atoms with Crippen molar-refractivity contribution in [2.45, 2.75) is 58.6 Å². The minimum absolute atomic E-state index is 0.213. The van der Waals surface area contributed by atoms with Crippen molar-refractivity contribution in [2.75, 3.05) is 0 Å². The molecule has 0 saturated carbocycles. The molecule has 0 radical (unpaired) electrons. The molecule has 3 nitrogen and oxygen atoms in total. The van der Waals surface area contributed by atoms with Gasteiger partial charge in [-0.15, -0.1) is 11.3 Å². The average molecular weight is 267 g/mol. The maximum Gasteiger partial charge on any atom is 0.407 e. The van der Waals surface area contributed by atoms with Gasteiger partial charge in [-0.2, -0.15) is 0 Å². The zero-order chi connectivity index (χ0) is 13.3. The van der Waals surface area contributed by atoms with E-state index in [1.807, 2.05) is 20.8 Å². The number of hydrogen-bond acceptors (Lipinski definition) is 3. The van der Waals surface area contributed by atoms with E-state index >= 15 is 0 Å². The molecule has 1 aliphatic rings. The van der Waals surface area contributed by atoms with E-state index in [4.69, 9.17) is 4.74 Å². The first-order valence-corrected chi connectivity index (χ1v) is 7.28. The summed E-state index contributed by atoms with van der Waals surface area (Å²) in [7, 11) is 0. The number of rotatable bonds is 1. The molecule has 1 aromatic rings. The lowest BCUT2D eigenvalue weighted by molar-refractivity contribution is 0.0500. The van der Waals surface area contributed by atoms with E-state index in [0.29, 0.717) is 0 Å². The predicted molar refractivity (Wildman–Crippen MR) is 74.2 cm³/mol. The number of ether oxygens (including phenoxy) is 1. The van der Waals surface area contributed by atoms with Gasteiger partial charge in [0.2, 0.25) is 0 Å². The fourth-order valence-electron chi connectivity index (χ4n) is 2.27. The van der Waals surface area contributed by atoms with Gasteiger partial charge in [0, 0.05) is 17.3 Å². The molecule has 1 N–H and O–H groups in total. The minimum atomic E-state index is -0.427. The summed E-state index contributed by atoms with van der Waals surface area (Å²) < 4.78 is 5.29. The van der Waals surface area contributed by atoms with Gasteiger partial charge in [-0.1, -0.05) is 0 Å². The minimum Gasteiger partial charge on any atom is -0.444 e. The first-order valence-electron chi connectivity index (χ1n) is 6.40. The zero-order valence-electron chi connectivity index (χ0n) is 11.5. The fourth-order valence-corrected chi connectivity index (χ4v) is 3.44. The number of hydrogen-bond donors (Lipinski definition) is 1. The van der Waals surface area contributed by atoms with E-state index in [0.717, 1.165) is 19.3 Å². The summed E-state index contributed by atoms with van der Waals surface area (Å²) in [6, 6.07) is 0.213. The van der Waals surface area contributed by atoms with Gasteiger partial charge >= 0.3 is 6.09 Å². The second-order valence-corrected chi connectivity index (χ2v) is 6.87. The molecule has 1 unspecified atom stereocenters. The van der Waals surface area contributed by atoms with E-state index < -0.39 is 5.60 Å². The molecule has 0 spiro atoms. The van der Waals surface area contributed by atoms with E-state index in [1.165, 1.54) is 16.0 Å². The molecule has 1 atom stereocenters. The first kappa shape index (κ1) is 13.4. The van der Waals surface area contributed by atoms with E-state index in [2.05, 4.69) is 17.6 Å². The summed E-state index contributed by atoms with van der Waals surface area (Å²) in [6.07, 6.45) is 2.70. The molecule has 0 saturated heterocycles. The summed E-state index contributed by atoms with van der Waals surface area (Å²) in [6.45, 7) is 7.81. The van der Waals surface area contributed by atoms with Crippen molar-refractivity contribution in [3.63, 3.8) is 0 Å². The van der Waals surface area contributed by atoms with Crippen molar-refractivity contribution in [1.82, 2.24) is 5.32 Å². The van der Waals surface area contributed by atoms with Crippen LogP contribution < -0.4 is 5.32 Å². The third kappa shape index (κ3) is 3.25. The van der Waals surface area contributed by atoms with Crippen molar-refractivity contribution in [2.24, 2.45) is 0 Å². The predicted octanol–water partition coefficient (Wildman–Crippen LogP) is 3.44. The Balaban J connectivity index is 1.92. The zero-order valence-corrected chi connectivity index (χ0v) is 12.3. The van der Waals surface area contributed by atoms with Crippen molar-refractivity contribution >= 4 is 17.4 Å². The largest absolute Gasteiger partial charge is 0.444 e. The molecule has 0 aliphatic heterocycles. The second-order valence-electron chi connectivity index (χ2n) is 5.91. The number of carbonyl (C=O) groups is 1. The van der Waals surface area contributed by atoms with Crippen molar-refractivity contribution < 1.29 is 9.53 Å². The lowest BCUT2D eigenvalue weighted by Gasteiger charge is -2.26. The maximum absolute atomic E-state index is 11.7. The number of aryl methyl sites for hydroxylation is 1. The van der Waals surface area contributed by atoms with Gasteiger partial charge in [0.15, 0.2) is 0 Å². The second kappa shape index (κ2) is 4.92. The van der Waals surface area contributed by atoms with Crippen LogP contribution in [0.25, 0.3) is 0 Å². The molecule has 1 aromatic heterocycles. The van der Waals surface area contributed by atoms with Crippen LogP contribution in [0.15, 0.2) is 5.38 Å². The van der Waals surface area contributed by atoms with E-state index in [1.54, 1.807) is 11.3 Å². The molecule has 100 valence electrons. The summed E-state index contributed by atoms with van der Waals surface area (Å²) >= 11 is 1.80. The van der Waals surface area contributed by atoms with Crippen LogP contribution in [0.1, 0.15) is 43.2 Å². The molecular weight excluding hydrogens is 246 g/mol. The Morgan fingerprint density at radius 3 is 2.89 bits per heavy atom. The molecule has 1 aliphatic carbocycles. The molecule has 2 rings (SSSR count). The third-order valence-electron chi connectivity index (χ3n) is 3.09. The SMILES string of the molecule is Cc1csc2c1CCC(NC(=O)OC(C)(C)C)C2. The fraction of sp³-hybridized carbons (Fsp3) is 0.643. The number of fused-ring (bicyclic) bond motifs is 1. The Morgan fingerprint density at radius 2 is 2.22 bits per heavy atom. The van der Waals surface area contributed by atoms with Crippen LogP contribution in [0.3, 0.4) is 0 Å². The Bertz CT molecular complexity index is 445. The highest BCUT2D eigenvalue weighted by atomic mass is 32.1. The number of carbonyl (C=O) groups excluding carboxylic acids is 1. The lowest BCUT2D eigenvalue weighted by Crippen LogP contribution is -2.41. The topological polar surface area (TPSA) is 38.3 Å². The lowest BCUT2D eigenvalue weighted by atomic mass is 9.93. The Kier molecular flexibility index (Phi) is 3.66. The van der Waals surface area contributed by atoms with Crippen LogP contribution in [-0.4, -0.2) is 17.7 Å². The van der Waals surface area contributed by atoms with Gasteiger partial charge in [0.25, 0.3) is 0 Å². The van der Waals surface area contributed by atoms with E-state index in [-0.39, 0.29) is 12.1 Å². The number of nitrogens with one attached hydrogen (secondary N) is 1. The van der Waals surface area contributed by atoms with Crippen LogP contribution in [0, 0.1) is 6.92 Å². The van der Waals surface area contributed by atoms with Gasteiger partial charge in [0.05, 0.1) is 0 Å². The highest BCUT2D eigenvalue weighted by molar-refractivity contribution is 7.10. The molecule has 0 aromatic carbocycles. The van der Waals surface area contributed by atoms with Gasteiger partial charge in [-0.3, -0.25) is 0 Å². The molecule has 0 fully saturated rings. The van der Waals surface area contributed by atoms with Crippen molar-refractivity contribution in [3.8, 4) is 0 Å². The van der Waals surface area contributed by atoms with Gasteiger partial charge < -0.3 is 10.1 Å². The normalized spacial score (nSPS) is 19.2. The first-order chi connectivity index (χ1) is 8.35. The molecule has 18 heavy (non-hydrogen) atoms. The molecule has 4 heteroatoms. The number of thiophene rings is 1. The van der Waals surface area contributed by atoms with Crippen LogP contribution in [0.2, 0.25) is 0 Å². The summed E-state index contributed by atoms with van der Waals surface area (Å²) in [5, 5.41) is 5.18. The highest BCUT2D eigenvalue weighted by Crippen LogP contribution is 2.29. The van der Waals surface area contributed by atoms with Crippen LogP contribution in [0.4, 0.5) is 4.79 Å². The Hall–Kier alpha value is -1.03. The smallest absolute Gasteiger partial charge is 0.407 e. The monoisotopic (exact) mass is 267 g/mol. The molecular formula is C14H21NO2S. The van der Waals surface area contributed by atoms with Gasteiger partial charge in [-0.05, 0) is 57.0 Å². The summed E-state index contributed by atoms with van der Waals surface area (Å²) in [5.74, 6) is 0. The highest BCUT2D eigenvalue weighted by Gasteiger charge is 2.24. The Morgan fingerprint density at radius 1 is 1.50 bits per heavy atom. The third-order valence-corrected chi connectivity index (χ3v) is 4.25. The molecule has 0 bridgehead atoms. The maximum atomic E-state index is 11.7. The van der Waals surface area contributed by atoms with Crippen LogP contribution >= 0.6 is 11.3 Å². The quantitative estimate of drug-likeness (QED) is 0.846. The number of amides is 1. The van der Waals surface area contributed by atoms with Crippen molar-refractivity contribution in [1.29, 1.82) is 0 Å². The standard InChI is InChI=1S/C14H21NO2S/c1-9-8-18-12-7-10(5-6-11(9)12)15-13(16)17-14(2,3)4/h8,10H,5-7H2,1-4H3,(H,15,16). The molecule has 1 heterocycles. The summed E-state index contributed by atoms with van der Waals surface area (Å²) in [4.78, 5) is 13.1. The van der Waals surface area contributed by atoms with Crippen molar-refractivity contribution in [3.05, 3.63) is 21.4 Å². The Labute approximate surface area is 113 Å². The summed E-state index contributed by atoms with van der Waals surface area (Å²) in [5.41, 5.74) is 2.46. The molecule has 1 amide bonds. The number of alkyl carbamates (subject to hydrolysis) is 1. The van der Waals surface area contributed by atoms with Gasteiger partial charge in [-0.25, -0.2) is 4.79 Å². The van der Waals surface area contributed by atoms with Gasteiger partial charge in [0.1, 0.15) is 5.60 Å². The van der Waals surface area contributed by atoms with Crippen LogP contribution in [0.5, 0.6) is 0 Å². The average Bonchev–Trinajstić information content (AvgIpc) is 2.57.